The van der Waals surface area contributed by atoms with Crippen molar-refractivity contribution in [1.29, 1.82) is 0 Å². The van der Waals surface area contributed by atoms with Crippen molar-refractivity contribution in [1.82, 2.24) is 0 Å². The van der Waals surface area contributed by atoms with Crippen LogP contribution in [0.15, 0.2) is 77.4 Å². The minimum Gasteiger partial charge on any atom is -0.489 e. The molecule has 0 bridgehead atoms. The Morgan fingerprint density at radius 2 is 1.90 bits per heavy atom. The molecule has 3 aromatic carbocycles. The van der Waals surface area contributed by atoms with Crippen LogP contribution in [0.1, 0.15) is 22.3 Å². The first kappa shape index (κ1) is 19.9. The van der Waals surface area contributed by atoms with Crippen molar-refractivity contribution in [2.45, 2.75) is 13.5 Å². The van der Waals surface area contributed by atoms with E-state index in [2.05, 4.69) is 4.99 Å². The van der Waals surface area contributed by atoms with Crippen LogP contribution in [0, 0.1) is 12.7 Å². The van der Waals surface area contributed by atoms with Crippen molar-refractivity contribution in [3.05, 3.63) is 106 Å². The SMILES string of the molecule is Cc1ccc(C2=N/C(=C/c3cccc(OCc4ccc(F)cc4)c3)C(=O)O2)cc1Cl. The number of benzene rings is 3. The van der Waals surface area contributed by atoms with Crippen LogP contribution in [0.5, 0.6) is 5.75 Å². The van der Waals surface area contributed by atoms with Gasteiger partial charge in [0.15, 0.2) is 5.70 Å². The third kappa shape index (κ3) is 4.58. The van der Waals surface area contributed by atoms with E-state index in [-0.39, 0.29) is 17.4 Å². The summed E-state index contributed by atoms with van der Waals surface area (Å²) in [5, 5.41) is 0.578. The lowest BCUT2D eigenvalue weighted by molar-refractivity contribution is -0.129. The Kier molecular flexibility index (Phi) is 5.63. The van der Waals surface area contributed by atoms with E-state index in [1.165, 1.54) is 12.1 Å². The van der Waals surface area contributed by atoms with Gasteiger partial charge in [-0.3, -0.25) is 0 Å². The Labute approximate surface area is 178 Å². The Morgan fingerprint density at radius 3 is 2.67 bits per heavy atom. The van der Waals surface area contributed by atoms with E-state index in [0.29, 0.717) is 22.9 Å². The molecule has 0 fully saturated rings. The summed E-state index contributed by atoms with van der Waals surface area (Å²) in [5.74, 6) is 0.0226. The summed E-state index contributed by atoms with van der Waals surface area (Å²) in [4.78, 5) is 16.5. The third-order valence-electron chi connectivity index (χ3n) is 4.52. The first-order valence-electron chi connectivity index (χ1n) is 9.24. The molecule has 3 aromatic rings. The van der Waals surface area contributed by atoms with Crippen molar-refractivity contribution in [2.75, 3.05) is 0 Å². The van der Waals surface area contributed by atoms with Gasteiger partial charge < -0.3 is 9.47 Å². The predicted octanol–water partition coefficient (Wildman–Crippen LogP) is 5.71. The van der Waals surface area contributed by atoms with E-state index < -0.39 is 5.97 Å². The number of carbonyl (C=O) groups is 1. The van der Waals surface area contributed by atoms with Crippen molar-refractivity contribution in [3.63, 3.8) is 0 Å². The van der Waals surface area contributed by atoms with Gasteiger partial charge >= 0.3 is 5.97 Å². The summed E-state index contributed by atoms with van der Waals surface area (Å²) in [5.41, 5.74) is 3.35. The number of cyclic esters (lactones) is 1. The van der Waals surface area contributed by atoms with Gasteiger partial charge in [-0.15, -0.1) is 0 Å². The number of hydrogen-bond acceptors (Lipinski definition) is 4. The maximum atomic E-state index is 13.0. The average molecular weight is 422 g/mol. The van der Waals surface area contributed by atoms with E-state index >= 15 is 0 Å². The van der Waals surface area contributed by atoms with E-state index in [1.807, 2.05) is 31.2 Å². The van der Waals surface area contributed by atoms with E-state index in [0.717, 1.165) is 16.7 Å². The number of aliphatic imine (C=N–C) groups is 1. The van der Waals surface area contributed by atoms with Gasteiger partial charge in [0.25, 0.3) is 0 Å². The Morgan fingerprint density at radius 1 is 1.10 bits per heavy atom. The fourth-order valence-corrected chi connectivity index (χ4v) is 3.04. The second-order valence-electron chi connectivity index (χ2n) is 6.79. The molecule has 0 amide bonds. The monoisotopic (exact) mass is 421 g/mol. The van der Waals surface area contributed by atoms with Crippen LogP contribution in [0.4, 0.5) is 4.39 Å². The van der Waals surface area contributed by atoms with Crippen molar-refractivity contribution >= 4 is 29.5 Å². The zero-order valence-electron chi connectivity index (χ0n) is 16.1. The molecule has 1 aliphatic heterocycles. The number of hydrogen-bond donors (Lipinski definition) is 0. The number of esters is 1. The third-order valence-corrected chi connectivity index (χ3v) is 4.93. The summed E-state index contributed by atoms with van der Waals surface area (Å²) in [7, 11) is 0. The molecule has 30 heavy (non-hydrogen) atoms. The lowest BCUT2D eigenvalue weighted by Crippen LogP contribution is -2.05. The summed E-state index contributed by atoms with van der Waals surface area (Å²) < 4.78 is 24.1. The molecule has 1 heterocycles. The molecule has 6 heteroatoms. The largest absolute Gasteiger partial charge is 0.489 e. The van der Waals surface area contributed by atoms with Crippen LogP contribution in [0.25, 0.3) is 6.08 Å². The lowest BCUT2D eigenvalue weighted by atomic mass is 10.1. The second kappa shape index (κ2) is 8.51. The van der Waals surface area contributed by atoms with E-state index in [1.54, 1.807) is 36.4 Å². The van der Waals surface area contributed by atoms with Gasteiger partial charge in [0.1, 0.15) is 18.2 Å². The van der Waals surface area contributed by atoms with Crippen molar-refractivity contribution in [2.24, 2.45) is 4.99 Å². The zero-order chi connectivity index (χ0) is 21.1. The number of halogens is 2. The molecule has 0 radical (unpaired) electrons. The molecule has 150 valence electrons. The quantitative estimate of drug-likeness (QED) is 0.391. The van der Waals surface area contributed by atoms with Gasteiger partial charge in [0.05, 0.1) is 0 Å². The molecule has 0 saturated carbocycles. The number of aryl methyl sites for hydroxylation is 1. The van der Waals surface area contributed by atoms with E-state index in [9.17, 15) is 9.18 Å². The first-order valence-corrected chi connectivity index (χ1v) is 9.62. The van der Waals surface area contributed by atoms with Crippen LogP contribution in [0.2, 0.25) is 5.02 Å². The fraction of sp³-hybridized carbons (Fsp3) is 0.0833. The van der Waals surface area contributed by atoms with Crippen molar-refractivity contribution in [3.8, 4) is 5.75 Å². The highest BCUT2D eigenvalue weighted by Gasteiger charge is 2.24. The molecule has 0 aromatic heterocycles. The molecule has 4 nitrogen and oxygen atoms in total. The normalized spacial score (nSPS) is 14.6. The van der Waals surface area contributed by atoms with E-state index in [4.69, 9.17) is 21.1 Å². The van der Waals surface area contributed by atoms with Crippen molar-refractivity contribution < 1.29 is 18.7 Å². The molecular formula is C24H17ClFNO3. The zero-order valence-corrected chi connectivity index (χ0v) is 16.8. The van der Waals surface area contributed by atoms with Crippen LogP contribution in [-0.4, -0.2) is 11.9 Å². The molecule has 0 N–H and O–H groups in total. The number of ether oxygens (including phenoxy) is 2. The summed E-state index contributed by atoms with van der Waals surface area (Å²) in [6.07, 6.45) is 1.63. The standard InChI is InChI=1S/C24H17ClFNO3/c1-15-5-8-18(13-21(15)25)23-27-22(24(28)30-23)12-17-3-2-4-20(11-17)29-14-16-6-9-19(26)10-7-16/h2-13H,14H2,1H3/b22-12+. The van der Waals surface area contributed by atoms with Gasteiger partial charge in [0.2, 0.25) is 5.90 Å². The smallest absolute Gasteiger partial charge is 0.363 e. The first-order chi connectivity index (χ1) is 14.5. The van der Waals surface area contributed by atoms with Crippen LogP contribution >= 0.6 is 11.6 Å². The number of nitrogens with zero attached hydrogens (tertiary/aromatic N) is 1. The Bertz CT molecular complexity index is 1170. The molecule has 0 unspecified atom stereocenters. The van der Waals surface area contributed by atoms with Gasteiger partial charge in [-0.05, 0) is 66.1 Å². The predicted molar refractivity (Wildman–Crippen MR) is 114 cm³/mol. The summed E-state index contributed by atoms with van der Waals surface area (Å²) in [6.45, 7) is 2.20. The van der Waals surface area contributed by atoms with Crippen LogP contribution < -0.4 is 4.74 Å². The molecule has 0 atom stereocenters. The lowest BCUT2D eigenvalue weighted by Gasteiger charge is -2.07. The highest BCUT2D eigenvalue weighted by Crippen LogP contribution is 2.24. The van der Waals surface area contributed by atoms with Crippen LogP contribution in [-0.2, 0) is 16.1 Å². The van der Waals surface area contributed by atoms with Gasteiger partial charge in [-0.25, -0.2) is 14.2 Å². The molecule has 0 spiro atoms. The molecule has 0 saturated heterocycles. The maximum absolute atomic E-state index is 13.0. The number of carbonyl (C=O) groups excluding carboxylic acids is 1. The average Bonchev–Trinajstić information content (AvgIpc) is 3.10. The summed E-state index contributed by atoms with van der Waals surface area (Å²) >= 11 is 6.15. The van der Waals surface area contributed by atoms with Gasteiger partial charge in [-0.2, -0.15) is 0 Å². The topological polar surface area (TPSA) is 47.9 Å². The molecule has 0 aliphatic carbocycles. The maximum Gasteiger partial charge on any atom is 0.363 e. The minimum absolute atomic E-state index is 0.192. The second-order valence-corrected chi connectivity index (χ2v) is 7.19. The van der Waals surface area contributed by atoms with Gasteiger partial charge in [-0.1, -0.05) is 41.9 Å². The molecule has 4 rings (SSSR count). The van der Waals surface area contributed by atoms with Gasteiger partial charge in [0, 0.05) is 10.6 Å². The molecule has 1 aliphatic rings. The highest BCUT2D eigenvalue weighted by molar-refractivity contribution is 6.31. The molecular weight excluding hydrogens is 405 g/mol. The van der Waals surface area contributed by atoms with Crippen LogP contribution in [0.3, 0.4) is 0 Å². The Balaban J connectivity index is 1.51. The Hall–Kier alpha value is -3.44. The fourth-order valence-electron chi connectivity index (χ4n) is 2.86. The summed E-state index contributed by atoms with van der Waals surface area (Å²) in [6, 6.07) is 18.7. The minimum atomic E-state index is -0.528. The highest BCUT2D eigenvalue weighted by atomic mass is 35.5. The number of rotatable bonds is 5.